The molecule has 1 rings (SSSR count). The van der Waals surface area contributed by atoms with Gasteiger partial charge in [-0.3, -0.25) is 0 Å². The van der Waals surface area contributed by atoms with E-state index < -0.39 is 6.10 Å². The minimum absolute atomic E-state index is 0.216. The second-order valence-electron chi connectivity index (χ2n) is 3.34. The smallest absolute Gasteiger partial charge is 0.337 e. The van der Waals surface area contributed by atoms with Gasteiger partial charge in [-0.25, -0.2) is 4.79 Å². The van der Waals surface area contributed by atoms with Crippen molar-refractivity contribution in [3.63, 3.8) is 0 Å². The molecule has 0 radical (unpaired) electrons. The van der Waals surface area contributed by atoms with Crippen LogP contribution in [0.25, 0.3) is 0 Å². The van der Waals surface area contributed by atoms with Crippen LogP contribution >= 0.6 is 0 Å². The molecule has 0 fully saturated rings. The quantitative estimate of drug-likeness (QED) is 0.622. The Morgan fingerprint density at radius 1 is 1.50 bits per heavy atom. The maximum absolute atomic E-state index is 11.1. The van der Waals surface area contributed by atoms with E-state index in [-0.39, 0.29) is 12.5 Å². The number of ether oxygens (including phenoxy) is 1. The predicted octanol–water partition coefficient (Wildman–Crippen LogP) is 0.205. The Hall–Kier alpha value is -1.59. The summed E-state index contributed by atoms with van der Waals surface area (Å²) in [7, 11) is 1.34. The molecule has 1 aromatic rings. The van der Waals surface area contributed by atoms with Gasteiger partial charge < -0.3 is 20.9 Å². The lowest BCUT2D eigenvalue weighted by Gasteiger charge is -2.10. The van der Waals surface area contributed by atoms with Crippen molar-refractivity contribution in [2.75, 3.05) is 25.5 Å². The molecule has 0 spiro atoms. The molecular formula is C11H16N2O3. The Morgan fingerprint density at radius 2 is 2.12 bits per heavy atom. The minimum Gasteiger partial charge on any atom is -0.465 e. The number of nitrogens with two attached hydrogens (primary N) is 1. The number of aliphatic hydroxyl groups is 1. The number of benzene rings is 1. The van der Waals surface area contributed by atoms with Crippen LogP contribution in [-0.2, 0) is 4.74 Å². The molecule has 0 aliphatic rings. The van der Waals surface area contributed by atoms with Crippen LogP contribution in [0.2, 0.25) is 0 Å². The molecule has 0 bridgehead atoms. The molecular weight excluding hydrogens is 208 g/mol. The molecule has 0 aliphatic heterocycles. The van der Waals surface area contributed by atoms with Crippen LogP contribution < -0.4 is 11.1 Å². The van der Waals surface area contributed by atoms with Gasteiger partial charge in [0.25, 0.3) is 0 Å². The Kier molecular flexibility index (Phi) is 4.75. The molecule has 88 valence electrons. The summed E-state index contributed by atoms with van der Waals surface area (Å²) in [5, 5.41) is 12.2. The van der Waals surface area contributed by atoms with E-state index in [0.29, 0.717) is 12.1 Å². The van der Waals surface area contributed by atoms with Gasteiger partial charge in [-0.1, -0.05) is 0 Å². The topological polar surface area (TPSA) is 84.6 Å². The van der Waals surface area contributed by atoms with E-state index in [1.165, 1.54) is 7.11 Å². The lowest BCUT2D eigenvalue weighted by Crippen LogP contribution is -2.27. The number of hydrogen-bond donors (Lipinski definition) is 3. The highest BCUT2D eigenvalue weighted by molar-refractivity contribution is 5.89. The highest BCUT2D eigenvalue weighted by Gasteiger charge is 2.04. The standard InChI is InChI=1S/C11H16N2O3/c1-16-11(15)8-2-4-9(5-3-8)13-7-10(14)6-12/h2-5,10,13-14H,6-7,12H2,1H3. The zero-order chi connectivity index (χ0) is 12.0. The van der Waals surface area contributed by atoms with Crippen molar-refractivity contribution in [2.24, 2.45) is 5.73 Å². The lowest BCUT2D eigenvalue weighted by molar-refractivity contribution is 0.0601. The number of esters is 1. The molecule has 0 heterocycles. The average molecular weight is 224 g/mol. The molecule has 5 nitrogen and oxygen atoms in total. The Balaban J connectivity index is 2.54. The van der Waals surface area contributed by atoms with Crippen LogP contribution in [-0.4, -0.2) is 37.4 Å². The summed E-state index contributed by atoms with van der Waals surface area (Å²) in [4.78, 5) is 11.1. The third-order valence-corrected chi connectivity index (χ3v) is 2.12. The lowest BCUT2D eigenvalue weighted by atomic mass is 10.2. The van der Waals surface area contributed by atoms with Crippen molar-refractivity contribution < 1.29 is 14.6 Å². The molecule has 5 heteroatoms. The molecule has 1 aromatic carbocycles. The predicted molar refractivity (Wildman–Crippen MR) is 61.3 cm³/mol. The fourth-order valence-electron chi connectivity index (χ4n) is 1.16. The first-order chi connectivity index (χ1) is 7.67. The first-order valence-electron chi connectivity index (χ1n) is 4.97. The van der Waals surface area contributed by atoms with Crippen molar-refractivity contribution >= 4 is 11.7 Å². The highest BCUT2D eigenvalue weighted by Crippen LogP contribution is 2.10. The monoisotopic (exact) mass is 224 g/mol. The van der Waals surface area contributed by atoms with E-state index in [2.05, 4.69) is 10.1 Å². The second-order valence-corrected chi connectivity index (χ2v) is 3.34. The van der Waals surface area contributed by atoms with Crippen molar-refractivity contribution in [1.29, 1.82) is 0 Å². The summed E-state index contributed by atoms with van der Waals surface area (Å²) in [6.45, 7) is 0.599. The first kappa shape index (κ1) is 12.5. The molecule has 0 aliphatic carbocycles. The maximum atomic E-state index is 11.1. The van der Waals surface area contributed by atoms with Crippen molar-refractivity contribution in [3.05, 3.63) is 29.8 Å². The van der Waals surface area contributed by atoms with Gasteiger partial charge in [-0.15, -0.1) is 0 Å². The highest BCUT2D eigenvalue weighted by atomic mass is 16.5. The average Bonchev–Trinajstić information content (AvgIpc) is 2.35. The van der Waals surface area contributed by atoms with E-state index >= 15 is 0 Å². The van der Waals surface area contributed by atoms with E-state index in [1.54, 1.807) is 24.3 Å². The van der Waals surface area contributed by atoms with Crippen LogP contribution in [0.5, 0.6) is 0 Å². The van der Waals surface area contributed by atoms with Gasteiger partial charge in [0.05, 0.1) is 18.8 Å². The maximum Gasteiger partial charge on any atom is 0.337 e. The van der Waals surface area contributed by atoms with E-state index in [1.807, 2.05) is 0 Å². The number of rotatable bonds is 5. The molecule has 0 saturated carbocycles. The van der Waals surface area contributed by atoms with Gasteiger partial charge in [-0.05, 0) is 24.3 Å². The zero-order valence-electron chi connectivity index (χ0n) is 9.14. The van der Waals surface area contributed by atoms with Gasteiger partial charge in [0.2, 0.25) is 0 Å². The third kappa shape index (κ3) is 3.52. The van der Waals surface area contributed by atoms with Crippen molar-refractivity contribution in [2.45, 2.75) is 6.10 Å². The third-order valence-electron chi connectivity index (χ3n) is 2.12. The Bertz CT molecular complexity index is 338. The van der Waals surface area contributed by atoms with Crippen LogP contribution in [0.3, 0.4) is 0 Å². The number of aliphatic hydroxyl groups excluding tert-OH is 1. The van der Waals surface area contributed by atoms with Crippen LogP contribution in [0.1, 0.15) is 10.4 Å². The molecule has 0 aromatic heterocycles. The summed E-state index contributed by atoms with van der Waals surface area (Å²) in [5.74, 6) is -0.367. The molecule has 1 unspecified atom stereocenters. The Labute approximate surface area is 94.2 Å². The number of methoxy groups -OCH3 is 1. The van der Waals surface area contributed by atoms with Crippen LogP contribution in [0.15, 0.2) is 24.3 Å². The number of hydrogen-bond acceptors (Lipinski definition) is 5. The summed E-state index contributed by atoms with van der Waals surface area (Å²) in [6.07, 6.45) is -0.569. The van der Waals surface area contributed by atoms with Gasteiger partial charge in [0.15, 0.2) is 0 Å². The summed E-state index contributed by atoms with van der Waals surface area (Å²) in [5.41, 5.74) is 6.58. The molecule has 0 amide bonds. The second kappa shape index (κ2) is 6.09. The summed E-state index contributed by atoms with van der Waals surface area (Å²) >= 11 is 0. The molecule has 1 atom stereocenters. The largest absolute Gasteiger partial charge is 0.465 e. The summed E-state index contributed by atoms with van der Waals surface area (Å²) < 4.78 is 4.58. The van der Waals surface area contributed by atoms with Crippen molar-refractivity contribution in [1.82, 2.24) is 0 Å². The number of nitrogens with one attached hydrogen (secondary N) is 1. The van der Waals surface area contributed by atoms with Crippen LogP contribution in [0, 0.1) is 0 Å². The van der Waals surface area contributed by atoms with Gasteiger partial charge in [0.1, 0.15) is 0 Å². The summed E-state index contributed by atoms with van der Waals surface area (Å²) in [6, 6.07) is 6.80. The molecule has 4 N–H and O–H groups in total. The normalized spacial score (nSPS) is 11.9. The first-order valence-corrected chi connectivity index (χ1v) is 4.97. The fraction of sp³-hybridized carbons (Fsp3) is 0.364. The van der Waals surface area contributed by atoms with Gasteiger partial charge in [0, 0.05) is 18.8 Å². The fourth-order valence-corrected chi connectivity index (χ4v) is 1.16. The van der Waals surface area contributed by atoms with Gasteiger partial charge in [-0.2, -0.15) is 0 Å². The number of carbonyl (C=O) groups is 1. The van der Waals surface area contributed by atoms with E-state index in [4.69, 9.17) is 5.73 Å². The molecule has 16 heavy (non-hydrogen) atoms. The SMILES string of the molecule is COC(=O)c1ccc(NCC(O)CN)cc1. The number of carbonyl (C=O) groups excluding carboxylic acids is 1. The van der Waals surface area contributed by atoms with Crippen molar-refractivity contribution in [3.8, 4) is 0 Å². The van der Waals surface area contributed by atoms with Crippen LogP contribution in [0.4, 0.5) is 5.69 Å². The molecule has 0 saturated heterocycles. The minimum atomic E-state index is -0.569. The van der Waals surface area contributed by atoms with E-state index in [9.17, 15) is 9.90 Å². The van der Waals surface area contributed by atoms with Gasteiger partial charge >= 0.3 is 5.97 Å². The number of anilines is 1. The zero-order valence-corrected chi connectivity index (χ0v) is 9.14. The Morgan fingerprint density at radius 3 is 2.62 bits per heavy atom. The van der Waals surface area contributed by atoms with E-state index in [0.717, 1.165) is 5.69 Å².